The fraction of sp³-hybridized carbons (Fsp3) is 0.593. The van der Waals surface area contributed by atoms with Crippen LogP contribution in [0.15, 0.2) is 28.0 Å². The van der Waals surface area contributed by atoms with Crippen molar-refractivity contribution in [1.29, 1.82) is 0 Å². The lowest BCUT2D eigenvalue weighted by atomic mass is 9.49. The molecule has 2 aliphatic heterocycles. The van der Waals surface area contributed by atoms with E-state index in [1.54, 1.807) is 26.8 Å². The van der Waals surface area contributed by atoms with Crippen molar-refractivity contribution in [3.8, 4) is 11.5 Å². The predicted molar refractivity (Wildman–Crippen MR) is 130 cm³/mol. The molecule has 2 fully saturated rings. The van der Waals surface area contributed by atoms with Gasteiger partial charge in [-0.2, -0.15) is 4.98 Å². The molecule has 4 atom stereocenters. The fourth-order valence-corrected chi connectivity index (χ4v) is 7.33. The highest BCUT2D eigenvalue weighted by molar-refractivity contribution is 5.95. The van der Waals surface area contributed by atoms with Crippen molar-refractivity contribution in [2.24, 2.45) is 5.92 Å². The maximum absolute atomic E-state index is 13.7. The number of carbonyl (C=O) groups excluding carboxylic acids is 1. The molecule has 37 heavy (non-hydrogen) atoms. The van der Waals surface area contributed by atoms with Crippen LogP contribution in [0, 0.1) is 12.8 Å². The molecule has 5 aliphatic rings. The van der Waals surface area contributed by atoms with Crippen LogP contribution < -0.4 is 10.1 Å². The van der Waals surface area contributed by atoms with Gasteiger partial charge in [-0.25, -0.2) is 0 Å². The van der Waals surface area contributed by atoms with Crippen molar-refractivity contribution in [2.45, 2.75) is 81.6 Å². The average Bonchev–Trinajstić information content (AvgIpc) is 3.41. The molecule has 0 radical (unpaired) electrons. The molecule has 2 aromatic rings. The van der Waals surface area contributed by atoms with Gasteiger partial charge in [0.1, 0.15) is 11.3 Å². The number of hydrogen-bond donors (Lipinski definition) is 4. The van der Waals surface area contributed by atoms with Gasteiger partial charge in [0, 0.05) is 24.6 Å². The van der Waals surface area contributed by atoms with Crippen LogP contribution in [0.4, 0.5) is 0 Å². The van der Waals surface area contributed by atoms with Crippen LogP contribution in [0.2, 0.25) is 0 Å². The number of phenolic OH excluding ortho intramolecular Hbond substituents is 1. The van der Waals surface area contributed by atoms with Gasteiger partial charge in [-0.1, -0.05) is 11.2 Å². The molecule has 3 aliphatic carbocycles. The Hall–Kier alpha value is -3.11. The largest absolute Gasteiger partial charge is 0.508 e. The molecule has 1 saturated carbocycles. The molecule has 4 N–H and O–H groups in total. The number of likely N-dealkylation sites (tertiary alicyclic amines) is 1. The standard InChI is InChI=1S/C27H32N4O6/c1-13-28-24(37-30-13)25(2,3)29-23(34)16-11-27(35)18-10-15-6-7-17(32)21-19(15)26(27,22(36-21)20(16)33)8-9-31(18)12-14-4-5-14/h6-7,14,18,22,32-33,35H,4-5,8-12H2,1-3H3,(H,29,34)/t18-,22+,26+,27-/m1/s1. The summed E-state index contributed by atoms with van der Waals surface area (Å²) in [6.07, 6.45) is 2.56. The molecule has 10 nitrogen and oxygen atoms in total. The van der Waals surface area contributed by atoms with Crippen LogP contribution >= 0.6 is 0 Å². The molecular formula is C27H32N4O6. The quantitative estimate of drug-likeness (QED) is 0.478. The molecule has 196 valence electrons. The molecular weight excluding hydrogens is 476 g/mol. The second kappa shape index (κ2) is 7.26. The van der Waals surface area contributed by atoms with Gasteiger partial charge in [0.2, 0.25) is 0 Å². The molecule has 3 heterocycles. The Morgan fingerprint density at radius 3 is 2.78 bits per heavy atom. The second-order valence-corrected chi connectivity index (χ2v) is 12.0. The highest BCUT2D eigenvalue weighted by Crippen LogP contribution is 2.66. The molecule has 0 unspecified atom stereocenters. The zero-order valence-corrected chi connectivity index (χ0v) is 21.2. The number of rotatable bonds is 5. The number of carbonyl (C=O) groups is 1. The summed E-state index contributed by atoms with van der Waals surface area (Å²) < 4.78 is 11.5. The Kier molecular flexibility index (Phi) is 4.52. The minimum Gasteiger partial charge on any atom is -0.508 e. The third kappa shape index (κ3) is 2.96. The van der Waals surface area contributed by atoms with Crippen LogP contribution in [0.3, 0.4) is 0 Å². The number of aliphatic hydroxyl groups excluding tert-OH is 1. The van der Waals surface area contributed by atoms with Crippen molar-refractivity contribution in [2.75, 3.05) is 13.1 Å². The number of aromatic hydroxyl groups is 1. The number of nitrogens with one attached hydrogen (secondary N) is 1. The third-order valence-electron chi connectivity index (χ3n) is 9.28. The van der Waals surface area contributed by atoms with Gasteiger partial charge in [-0.3, -0.25) is 9.69 Å². The maximum Gasteiger partial charge on any atom is 0.251 e. The van der Waals surface area contributed by atoms with Crippen LogP contribution in [0.25, 0.3) is 0 Å². The van der Waals surface area contributed by atoms with Crippen molar-refractivity contribution in [1.82, 2.24) is 20.4 Å². The van der Waals surface area contributed by atoms with Crippen molar-refractivity contribution < 1.29 is 29.4 Å². The number of aliphatic hydroxyl groups is 2. The second-order valence-electron chi connectivity index (χ2n) is 12.0. The summed E-state index contributed by atoms with van der Waals surface area (Å²) in [5.41, 5.74) is -1.40. The SMILES string of the molecule is Cc1noc(C(C)(C)NC(=O)C2=C(O)[C@@H]3Oc4c(O)ccc5c4[C@@]34CCN(CC3CC3)[C@H](C5)[C@]4(O)C2)n1. The molecule has 2 bridgehead atoms. The van der Waals surface area contributed by atoms with E-state index in [0.29, 0.717) is 30.3 Å². The lowest BCUT2D eigenvalue weighted by Gasteiger charge is -2.62. The number of phenols is 1. The normalized spacial score (nSPS) is 32.2. The van der Waals surface area contributed by atoms with Gasteiger partial charge >= 0.3 is 0 Å². The average molecular weight is 509 g/mol. The van der Waals surface area contributed by atoms with Crippen molar-refractivity contribution in [3.05, 3.63) is 46.3 Å². The Bertz CT molecular complexity index is 1360. The Morgan fingerprint density at radius 1 is 1.30 bits per heavy atom. The van der Waals surface area contributed by atoms with Crippen LogP contribution in [-0.2, 0) is 22.2 Å². The van der Waals surface area contributed by atoms with E-state index < -0.39 is 28.6 Å². The minimum atomic E-state index is -1.36. The highest BCUT2D eigenvalue weighted by atomic mass is 16.5. The van der Waals surface area contributed by atoms with Gasteiger partial charge in [0.25, 0.3) is 11.8 Å². The highest BCUT2D eigenvalue weighted by Gasteiger charge is 2.73. The van der Waals surface area contributed by atoms with Crippen LogP contribution in [0.5, 0.6) is 11.5 Å². The maximum atomic E-state index is 13.7. The zero-order chi connectivity index (χ0) is 25.9. The summed E-state index contributed by atoms with van der Waals surface area (Å²) in [6, 6.07) is 3.29. The monoisotopic (exact) mass is 508 g/mol. The van der Waals surface area contributed by atoms with E-state index in [4.69, 9.17) is 9.26 Å². The van der Waals surface area contributed by atoms with E-state index in [1.165, 1.54) is 12.8 Å². The lowest BCUT2D eigenvalue weighted by molar-refractivity contribution is -0.172. The van der Waals surface area contributed by atoms with E-state index in [-0.39, 0.29) is 35.4 Å². The zero-order valence-electron chi connectivity index (χ0n) is 21.2. The first-order valence-electron chi connectivity index (χ1n) is 13.1. The summed E-state index contributed by atoms with van der Waals surface area (Å²) in [6.45, 7) is 6.86. The van der Waals surface area contributed by atoms with E-state index in [1.807, 2.05) is 6.07 Å². The number of ether oxygens (including phenoxy) is 1. The molecule has 1 spiro atoms. The number of aromatic nitrogens is 2. The first kappa shape index (κ1) is 23.0. The number of aryl methyl sites for hydroxylation is 1. The number of hydrogen-bond acceptors (Lipinski definition) is 9. The third-order valence-corrected chi connectivity index (χ3v) is 9.28. The topological polar surface area (TPSA) is 141 Å². The van der Waals surface area contributed by atoms with Gasteiger partial charge in [0.15, 0.2) is 23.4 Å². The molecule has 7 rings (SSSR count). The first-order chi connectivity index (χ1) is 17.5. The Balaban J connectivity index is 1.33. The minimum absolute atomic E-state index is 0.0181. The van der Waals surface area contributed by atoms with E-state index in [2.05, 4.69) is 20.4 Å². The molecule has 1 aromatic heterocycles. The summed E-state index contributed by atoms with van der Waals surface area (Å²) in [5, 5.41) is 41.7. The lowest BCUT2D eigenvalue weighted by Crippen LogP contribution is -2.76. The van der Waals surface area contributed by atoms with Crippen LogP contribution in [0.1, 0.15) is 62.4 Å². The van der Waals surface area contributed by atoms with Gasteiger partial charge in [0.05, 0.1) is 16.6 Å². The van der Waals surface area contributed by atoms with Gasteiger partial charge in [-0.15, -0.1) is 0 Å². The fourth-order valence-electron chi connectivity index (χ4n) is 7.33. The molecule has 1 saturated heterocycles. The summed E-state index contributed by atoms with van der Waals surface area (Å²) in [4.78, 5) is 20.3. The molecule has 1 aromatic carbocycles. The molecule has 1 amide bonds. The Morgan fingerprint density at radius 2 is 2.08 bits per heavy atom. The van der Waals surface area contributed by atoms with E-state index in [0.717, 1.165) is 24.2 Å². The van der Waals surface area contributed by atoms with Gasteiger partial charge < -0.3 is 29.9 Å². The molecule has 10 heteroatoms. The Labute approximate surface area is 214 Å². The smallest absolute Gasteiger partial charge is 0.251 e. The van der Waals surface area contributed by atoms with Crippen LogP contribution in [-0.4, -0.2) is 67.1 Å². The van der Waals surface area contributed by atoms with E-state index >= 15 is 0 Å². The summed E-state index contributed by atoms with van der Waals surface area (Å²) in [5.74, 6) is 0.903. The summed E-state index contributed by atoms with van der Waals surface area (Å²) in [7, 11) is 0. The van der Waals surface area contributed by atoms with Crippen molar-refractivity contribution in [3.63, 3.8) is 0 Å². The number of amides is 1. The number of nitrogens with zero attached hydrogens (tertiary/aromatic N) is 3. The van der Waals surface area contributed by atoms with Gasteiger partial charge in [-0.05, 0) is 70.5 Å². The summed E-state index contributed by atoms with van der Waals surface area (Å²) >= 11 is 0. The predicted octanol–water partition coefficient (Wildman–Crippen LogP) is 2.12. The van der Waals surface area contributed by atoms with E-state index in [9.17, 15) is 20.1 Å². The van der Waals surface area contributed by atoms with Crippen molar-refractivity contribution >= 4 is 5.91 Å². The first-order valence-corrected chi connectivity index (χ1v) is 13.1. The number of piperidine rings is 1. The number of benzene rings is 1.